The van der Waals surface area contributed by atoms with Crippen molar-refractivity contribution in [3.05, 3.63) is 29.8 Å². The molecule has 0 atom stereocenters. The predicted molar refractivity (Wildman–Crippen MR) is 67.1 cm³/mol. The molecule has 0 aliphatic rings. The fraction of sp³-hybridized carbons (Fsp3) is 0.500. The molecule has 0 saturated carbocycles. The Kier molecular flexibility index (Phi) is 5.53. The fourth-order valence-corrected chi connectivity index (χ4v) is 1.58. The van der Waals surface area contributed by atoms with Crippen LogP contribution in [0, 0.1) is 5.92 Å². The van der Waals surface area contributed by atoms with E-state index in [2.05, 4.69) is 19.9 Å². The van der Waals surface area contributed by atoms with Crippen LogP contribution in [0.5, 0.6) is 5.75 Å². The van der Waals surface area contributed by atoms with Crippen molar-refractivity contribution in [2.75, 3.05) is 13.2 Å². The molecule has 0 fully saturated rings. The van der Waals surface area contributed by atoms with E-state index < -0.39 is 0 Å². The van der Waals surface area contributed by atoms with Gasteiger partial charge in [-0.2, -0.15) is 0 Å². The monoisotopic (exact) mass is 236 g/mol. The van der Waals surface area contributed by atoms with Gasteiger partial charge in [0.1, 0.15) is 5.75 Å². The first-order chi connectivity index (χ1) is 8.11. The van der Waals surface area contributed by atoms with E-state index >= 15 is 0 Å². The second-order valence-electron chi connectivity index (χ2n) is 4.34. The molecule has 17 heavy (non-hydrogen) atoms. The van der Waals surface area contributed by atoms with E-state index in [1.165, 1.54) is 5.56 Å². The Bertz CT molecular complexity index is 358. The maximum atomic E-state index is 11.1. The van der Waals surface area contributed by atoms with Crippen molar-refractivity contribution in [1.29, 1.82) is 0 Å². The molecule has 3 nitrogen and oxygen atoms in total. The van der Waals surface area contributed by atoms with Crippen LogP contribution in [-0.4, -0.2) is 19.2 Å². The molecule has 0 spiro atoms. The molecule has 0 aliphatic carbocycles. The summed E-state index contributed by atoms with van der Waals surface area (Å²) in [5, 5.41) is 0. The van der Waals surface area contributed by atoms with Crippen LogP contribution >= 0.6 is 0 Å². The number of hydrogen-bond acceptors (Lipinski definition) is 3. The summed E-state index contributed by atoms with van der Waals surface area (Å²) in [5.74, 6) is 0.994. The lowest BCUT2D eigenvalue weighted by Crippen LogP contribution is -2.14. The third-order valence-electron chi connectivity index (χ3n) is 2.20. The molecule has 0 bridgehead atoms. The molecule has 0 amide bonds. The number of carbonyl (C=O) groups excluding carboxylic acids is 1. The maximum absolute atomic E-state index is 11.1. The van der Waals surface area contributed by atoms with Crippen molar-refractivity contribution in [2.24, 2.45) is 5.92 Å². The van der Waals surface area contributed by atoms with E-state index in [4.69, 9.17) is 9.47 Å². The molecular formula is C14H20O3. The van der Waals surface area contributed by atoms with Crippen molar-refractivity contribution >= 4 is 5.97 Å². The van der Waals surface area contributed by atoms with Crippen LogP contribution in [0.2, 0.25) is 0 Å². The lowest BCUT2D eigenvalue weighted by molar-refractivity contribution is -0.145. The third-order valence-corrected chi connectivity index (χ3v) is 2.20. The Labute approximate surface area is 103 Å². The summed E-state index contributed by atoms with van der Waals surface area (Å²) in [6, 6.07) is 7.83. The minimum atomic E-state index is -0.332. The number of rotatable bonds is 6. The lowest BCUT2D eigenvalue weighted by atomic mass is 10.0. The van der Waals surface area contributed by atoms with Gasteiger partial charge in [0.05, 0.1) is 6.61 Å². The minimum Gasteiger partial charge on any atom is -0.482 e. The molecule has 0 radical (unpaired) electrons. The van der Waals surface area contributed by atoms with Gasteiger partial charge in [-0.3, -0.25) is 0 Å². The minimum absolute atomic E-state index is 0.0288. The molecule has 0 aliphatic heterocycles. The van der Waals surface area contributed by atoms with Gasteiger partial charge in [0, 0.05) is 0 Å². The first-order valence-corrected chi connectivity index (χ1v) is 5.99. The topological polar surface area (TPSA) is 35.5 Å². The van der Waals surface area contributed by atoms with E-state index in [0.29, 0.717) is 12.5 Å². The molecular weight excluding hydrogens is 216 g/mol. The summed E-state index contributed by atoms with van der Waals surface area (Å²) in [5.41, 5.74) is 1.22. The highest BCUT2D eigenvalue weighted by atomic mass is 16.6. The molecule has 0 saturated heterocycles. The summed E-state index contributed by atoms with van der Waals surface area (Å²) < 4.78 is 10.2. The average molecular weight is 236 g/mol. The standard InChI is InChI=1S/C14H20O3/c1-4-16-14(15)10-17-13-7-5-6-12(9-13)8-11(2)3/h5-7,9,11H,4,8,10H2,1-3H3. The number of benzene rings is 1. The van der Waals surface area contributed by atoms with E-state index in [-0.39, 0.29) is 12.6 Å². The van der Waals surface area contributed by atoms with E-state index in [1.807, 2.05) is 18.2 Å². The summed E-state index contributed by atoms with van der Waals surface area (Å²) in [6.07, 6.45) is 1.01. The van der Waals surface area contributed by atoms with E-state index in [1.54, 1.807) is 6.92 Å². The molecule has 0 aromatic heterocycles. The van der Waals surface area contributed by atoms with Crippen molar-refractivity contribution < 1.29 is 14.3 Å². The zero-order valence-corrected chi connectivity index (χ0v) is 10.7. The summed E-state index contributed by atoms with van der Waals surface area (Å²) >= 11 is 0. The van der Waals surface area contributed by atoms with Crippen molar-refractivity contribution in [2.45, 2.75) is 27.2 Å². The molecule has 0 unspecified atom stereocenters. The van der Waals surface area contributed by atoms with Crippen LogP contribution in [0.4, 0.5) is 0 Å². The van der Waals surface area contributed by atoms with Crippen LogP contribution in [-0.2, 0) is 16.0 Å². The Morgan fingerprint density at radius 3 is 2.76 bits per heavy atom. The van der Waals surface area contributed by atoms with Crippen molar-refractivity contribution in [3.63, 3.8) is 0 Å². The summed E-state index contributed by atoms with van der Waals surface area (Å²) in [7, 11) is 0. The number of esters is 1. The molecule has 1 rings (SSSR count). The number of ether oxygens (including phenoxy) is 2. The van der Waals surface area contributed by atoms with Crippen LogP contribution in [0.3, 0.4) is 0 Å². The zero-order valence-electron chi connectivity index (χ0n) is 10.7. The second kappa shape index (κ2) is 6.94. The number of hydrogen-bond donors (Lipinski definition) is 0. The third kappa shape index (κ3) is 5.38. The van der Waals surface area contributed by atoms with Gasteiger partial charge in [-0.05, 0) is 37.0 Å². The molecule has 1 aromatic rings. The number of carbonyl (C=O) groups is 1. The van der Waals surface area contributed by atoms with E-state index in [9.17, 15) is 4.79 Å². The highest BCUT2D eigenvalue weighted by Crippen LogP contribution is 2.16. The maximum Gasteiger partial charge on any atom is 0.344 e. The smallest absolute Gasteiger partial charge is 0.344 e. The Hall–Kier alpha value is -1.51. The molecule has 3 heteroatoms. The predicted octanol–water partition coefficient (Wildman–Crippen LogP) is 2.83. The van der Waals surface area contributed by atoms with Gasteiger partial charge in [-0.1, -0.05) is 26.0 Å². The van der Waals surface area contributed by atoms with Crippen molar-refractivity contribution in [3.8, 4) is 5.75 Å². The lowest BCUT2D eigenvalue weighted by Gasteiger charge is -2.09. The highest BCUT2D eigenvalue weighted by Gasteiger charge is 2.04. The Balaban J connectivity index is 2.51. The quantitative estimate of drug-likeness (QED) is 0.712. The second-order valence-corrected chi connectivity index (χ2v) is 4.34. The summed E-state index contributed by atoms with van der Waals surface area (Å²) in [6.45, 7) is 6.48. The van der Waals surface area contributed by atoms with Gasteiger partial charge >= 0.3 is 5.97 Å². The largest absolute Gasteiger partial charge is 0.482 e. The van der Waals surface area contributed by atoms with Gasteiger partial charge in [0.25, 0.3) is 0 Å². The summed E-state index contributed by atoms with van der Waals surface area (Å²) in [4.78, 5) is 11.1. The van der Waals surface area contributed by atoms with E-state index in [0.717, 1.165) is 12.2 Å². The normalized spacial score (nSPS) is 10.4. The van der Waals surface area contributed by atoms with Crippen LogP contribution in [0.25, 0.3) is 0 Å². The Morgan fingerprint density at radius 1 is 1.35 bits per heavy atom. The Morgan fingerprint density at radius 2 is 2.12 bits per heavy atom. The molecule has 94 valence electrons. The fourth-order valence-electron chi connectivity index (χ4n) is 1.58. The van der Waals surface area contributed by atoms with Crippen LogP contribution in [0.1, 0.15) is 26.3 Å². The first kappa shape index (κ1) is 13.6. The molecule has 0 N–H and O–H groups in total. The highest BCUT2D eigenvalue weighted by molar-refractivity contribution is 5.71. The van der Waals surface area contributed by atoms with Gasteiger partial charge in [0.15, 0.2) is 6.61 Å². The van der Waals surface area contributed by atoms with Gasteiger partial charge in [-0.25, -0.2) is 4.79 Å². The first-order valence-electron chi connectivity index (χ1n) is 5.99. The average Bonchev–Trinajstić information content (AvgIpc) is 2.26. The SMILES string of the molecule is CCOC(=O)COc1cccc(CC(C)C)c1. The van der Waals surface area contributed by atoms with Gasteiger partial charge in [-0.15, -0.1) is 0 Å². The van der Waals surface area contributed by atoms with Gasteiger partial charge < -0.3 is 9.47 Å². The van der Waals surface area contributed by atoms with Gasteiger partial charge in [0.2, 0.25) is 0 Å². The van der Waals surface area contributed by atoms with Crippen LogP contribution < -0.4 is 4.74 Å². The molecule has 0 heterocycles. The molecule has 1 aromatic carbocycles. The zero-order chi connectivity index (χ0) is 12.7. The van der Waals surface area contributed by atoms with Crippen molar-refractivity contribution in [1.82, 2.24) is 0 Å². The van der Waals surface area contributed by atoms with Crippen LogP contribution in [0.15, 0.2) is 24.3 Å².